The van der Waals surface area contributed by atoms with Crippen molar-refractivity contribution >= 4 is 11.6 Å². The third-order valence-corrected chi connectivity index (χ3v) is 3.54. The van der Waals surface area contributed by atoms with Gasteiger partial charge in [0.15, 0.2) is 0 Å². The van der Waals surface area contributed by atoms with E-state index in [1.54, 1.807) is 4.90 Å². The summed E-state index contributed by atoms with van der Waals surface area (Å²) in [6.07, 6.45) is 7.95. The summed E-state index contributed by atoms with van der Waals surface area (Å²) in [6, 6.07) is 7.72. The maximum atomic E-state index is 12.0. The zero-order valence-electron chi connectivity index (χ0n) is 12.9. The number of anilines is 1. The molecule has 2 N–H and O–H groups in total. The summed E-state index contributed by atoms with van der Waals surface area (Å²) in [6.45, 7) is 2.86. The monoisotopic (exact) mass is 276 g/mol. The van der Waals surface area contributed by atoms with E-state index in [4.69, 9.17) is 5.73 Å². The van der Waals surface area contributed by atoms with Crippen LogP contribution in [0.15, 0.2) is 24.3 Å². The summed E-state index contributed by atoms with van der Waals surface area (Å²) in [5.41, 5.74) is 7.58. The van der Waals surface area contributed by atoms with Crippen LogP contribution in [0, 0.1) is 0 Å². The molecule has 1 aromatic rings. The Balaban J connectivity index is 2.22. The third-order valence-electron chi connectivity index (χ3n) is 3.54. The van der Waals surface area contributed by atoms with Gasteiger partial charge in [0, 0.05) is 25.7 Å². The summed E-state index contributed by atoms with van der Waals surface area (Å²) in [4.78, 5) is 13.8. The van der Waals surface area contributed by atoms with Gasteiger partial charge in [-0.25, -0.2) is 0 Å². The van der Waals surface area contributed by atoms with Crippen molar-refractivity contribution in [1.82, 2.24) is 4.90 Å². The molecule has 0 aromatic heterocycles. The smallest absolute Gasteiger partial charge is 0.222 e. The van der Waals surface area contributed by atoms with Crippen LogP contribution in [0.2, 0.25) is 0 Å². The van der Waals surface area contributed by atoms with Gasteiger partial charge < -0.3 is 10.6 Å². The van der Waals surface area contributed by atoms with Crippen LogP contribution in [0.25, 0.3) is 0 Å². The molecule has 1 amide bonds. The van der Waals surface area contributed by atoms with Crippen LogP contribution in [0.1, 0.15) is 57.4 Å². The number of carbonyl (C=O) groups excluding carboxylic acids is 1. The van der Waals surface area contributed by atoms with Crippen molar-refractivity contribution in [3.63, 3.8) is 0 Å². The average molecular weight is 276 g/mol. The molecule has 0 fully saturated rings. The van der Waals surface area contributed by atoms with Gasteiger partial charge in [0.25, 0.3) is 0 Å². The standard InChI is InChI=1S/C17H28N2O/c1-3-4-5-6-7-8-12-17(20)19(2)14-15-10-9-11-16(18)13-15/h9-11,13H,3-8,12,14,18H2,1-2H3. The number of hydrogen-bond acceptors (Lipinski definition) is 2. The minimum Gasteiger partial charge on any atom is -0.399 e. The fourth-order valence-corrected chi connectivity index (χ4v) is 2.30. The Kier molecular flexibility index (Phi) is 7.78. The van der Waals surface area contributed by atoms with Crippen molar-refractivity contribution in [3.8, 4) is 0 Å². The van der Waals surface area contributed by atoms with Crippen LogP contribution in [-0.2, 0) is 11.3 Å². The molecule has 0 saturated heterocycles. The molecule has 3 nitrogen and oxygen atoms in total. The van der Waals surface area contributed by atoms with Gasteiger partial charge in [-0.1, -0.05) is 51.2 Å². The largest absolute Gasteiger partial charge is 0.399 e. The van der Waals surface area contributed by atoms with Crippen molar-refractivity contribution in [2.24, 2.45) is 0 Å². The first kappa shape index (κ1) is 16.5. The summed E-state index contributed by atoms with van der Waals surface area (Å²) in [5.74, 6) is 0.225. The van der Waals surface area contributed by atoms with E-state index in [0.717, 1.165) is 24.1 Å². The number of nitrogens with two attached hydrogens (primary N) is 1. The Morgan fingerprint density at radius 3 is 2.55 bits per heavy atom. The highest BCUT2D eigenvalue weighted by Gasteiger charge is 2.08. The van der Waals surface area contributed by atoms with Crippen molar-refractivity contribution in [3.05, 3.63) is 29.8 Å². The van der Waals surface area contributed by atoms with Crippen LogP contribution >= 0.6 is 0 Å². The van der Waals surface area contributed by atoms with E-state index in [9.17, 15) is 4.79 Å². The first-order chi connectivity index (χ1) is 9.63. The molecule has 3 heteroatoms. The normalized spacial score (nSPS) is 10.5. The number of nitrogen functional groups attached to an aromatic ring is 1. The Labute approximate surface area is 123 Å². The molecule has 112 valence electrons. The number of benzene rings is 1. The molecule has 0 aliphatic carbocycles. The molecule has 20 heavy (non-hydrogen) atoms. The Bertz CT molecular complexity index is 404. The molecule has 0 spiro atoms. The van der Waals surface area contributed by atoms with Crippen molar-refractivity contribution in [2.75, 3.05) is 12.8 Å². The number of hydrogen-bond donors (Lipinski definition) is 1. The highest BCUT2D eigenvalue weighted by molar-refractivity contribution is 5.75. The van der Waals surface area contributed by atoms with Gasteiger partial charge >= 0.3 is 0 Å². The zero-order chi connectivity index (χ0) is 14.8. The lowest BCUT2D eigenvalue weighted by molar-refractivity contribution is -0.130. The van der Waals surface area contributed by atoms with E-state index in [-0.39, 0.29) is 5.91 Å². The molecule has 0 atom stereocenters. The highest BCUT2D eigenvalue weighted by atomic mass is 16.2. The molecule has 0 aliphatic rings. The van der Waals surface area contributed by atoms with Gasteiger partial charge in [0.2, 0.25) is 5.91 Å². The van der Waals surface area contributed by atoms with Crippen LogP contribution in [0.5, 0.6) is 0 Å². The minimum atomic E-state index is 0.225. The van der Waals surface area contributed by atoms with Crippen LogP contribution in [0.3, 0.4) is 0 Å². The quantitative estimate of drug-likeness (QED) is 0.548. The van der Waals surface area contributed by atoms with E-state index in [0.29, 0.717) is 13.0 Å². The molecule has 0 heterocycles. The number of carbonyl (C=O) groups is 1. The second kappa shape index (κ2) is 9.40. The molecule has 0 saturated carbocycles. The topological polar surface area (TPSA) is 46.3 Å². The first-order valence-electron chi connectivity index (χ1n) is 7.72. The first-order valence-corrected chi connectivity index (χ1v) is 7.72. The van der Waals surface area contributed by atoms with E-state index < -0.39 is 0 Å². The molecular weight excluding hydrogens is 248 g/mol. The highest BCUT2D eigenvalue weighted by Crippen LogP contribution is 2.11. The van der Waals surface area contributed by atoms with E-state index in [1.165, 1.54) is 25.7 Å². The van der Waals surface area contributed by atoms with Crippen LogP contribution in [-0.4, -0.2) is 17.9 Å². The Hall–Kier alpha value is -1.51. The predicted molar refractivity (Wildman–Crippen MR) is 85.3 cm³/mol. The van der Waals surface area contributed by atoms with Crippen molar-refractivity contribution in [1.29, 1.82) is 0 Å². The fourth-order valence-electron chi connectivity index (χ4n) is 2.30. The molecule has 1 rings (SSSR count). The lowest BCUT2D eigenvalue weighted by Gasteiger charge is -2.17. The van der Waals surface area contributed by atoms with Crippen molar-refractivity contribution < 1.29 is 4.79 Å². The van der Waals surface area contributed by atoms with Gasteiger partial charge in [-0.2, -0.15) is 0 Å². The van der Waals surface area contributed by atoms with Gasteiger partial charge in [0.05, 0.1) is 0 Å². The van der Waals surface area contributed by atoms with E-state index in [1.807, 2.05) is 31.3 Å². The molecule has 0 aliphatic heterocycles. The lowest BCUT2D eigenvalue weighted by Crippen LogP contribution is -2.25. The SMILES string of the molecule is CCCCCCCCC(=O)N(C)Cc1cccc(N)c1. The lowest BCUT2D eigenvalue weighted by atomic mass is 10.1. The number of nitrogens with zero attached hydrogens (tertiary/aromatic N) is 1. The van der Waals surface area contributed by atoms with E-state index >= 15 is 0 Å². The van der Waals surface area contributed by atoms with Crippen LogP contribution < -0.4 is 5.73 Å². The van der Waals surface area contributed by atoms with Gasteiger partial charge in [-0.3, -0.25) is 4.79 Å². The predicted octanol–water partition coefficient (Wildman–Crippen LogP) is 3.98. The molecule has 0 bridgehead atoms. The van der Waals surface area contributed by atoms with Gasteiger partial charge in [0.1, 0.15) is 0 Å². The molecule has 0 unspecified atom stereocenters. The van der Waals surface area contributed by atoms with Gasteiger partial charge in [-0.15, -0.1) is 0 Å². The summed E-state index contributed by atoms with van der Waals surface area (Å²) >= 11 is 0. The fraction of sp³-hybridized carbons (Fsp3) is 0.588. The Morgan fingerprint density at radius 1 is 1.15 bits per heavy atom. The molecule has 0 radical (unpaired) electrons. The second-order valence-electron chi connectivity index (χ2n) is 5.51. The maximum absolute atomic E-state index is 12.0. The minimum absolute atomic E-state index is 0.225. The average Bonchev–Trinajstić information content (AvgIpc) is 2.42. The summed E-state index contributed by atoms with van der Waals surface area (Å²) in [7, 11) is 1.86. The summed E-state index contributed by atoms with van der Waals surface area (Å²) in [5, 5.41) is 0. The molecule has 1 aromatic carbocycles. The Morgan fingerprint density at radius 2 is 1.85 bits per heavy atom. The molecular formula is C17H28N2O. The number of rotatable bonds is 9. The third kappa shape index (κ3) is 6.60. The van der Waals surface area contributed by atoms with Crippen molar-refractivity contribution in [2.45, 2.75) is 58.4 Å². The van der Waals surface area contributed by atoms with E-state index in [2.05, 4.69) is 6.92 Å². The van der Waals surface area contributed by atoms with Crippen LogP contribution in [0.4, 0.5) is 5.69 Å². The summed E-state index contributed by atoms with van der Waals surface area (Å²) < 4.78 is 0. The maximum Gasteiger partial charge on any atom is 0.222 e. The number of amides is 1. The van der Waals surface area contributed by atoms with Gasteiger partial charge in [-0.05, 0) is 24.1 Å². The second-order valence-corrected chi connectivity index (χ2v) is 5.51. The zero-order valence-corrected chi connectivity index (χ0v) is 12.9. The number of unbranched alkanes of at least 4 members (excludes halogenated alkanes) is 5.